The van der Waals surface area contributed by atoms with Crippen LogP contribution in [0.15, 0.2) is 0 Å². The molecule has 0 aromatic heterocycles. The summed E-state index contributed by atoms with van der Waals surface area (Å²) >= 11 is 0. The quantitative estimate of drug-likeness (QED) is 0.748. The molecule has 2 aliphatic carbocycles. The average molecular weight is 267 g/mol. The highest BCUT2D eigenvalue weighted by molar-refractivity contribution is 4.85. The molecule has 2 fully saturated rings. The molecule has 0 aromatic carbocycles. The van der Waals surface area contributed by atoms with Gasteiger partial charge in [0.25, 0.3) is 0 Å². The van der Waals surface area contributed by atoms with Crippen molar-refractivity contribution < 1.29 is 4.74 Å². The fourth-order valence-electron chi connectivity index (χ4n) is 3.76. The monoisotopic (exact) mass is 267 g/mol. The van der Waals surface area contributed by atoms with Gasteiger partial charge in [0.2, 0.25) is 0 Å². The Labute approximate surface area is 119 Å². The van der Waals surface area contributed by atoms with Crippen molar-refractivity contribution in [2.75, 3.05) is 6.54 Å². The highest BCUT2D eigenvalue weighted by Crippen LogP contribution is 2.40. The zero-order valence-corrected chi connectivity index (χ0v) is 13.4. The first kappa shape index (κ1) is 15.3. The Morgan fingerprint density at radius 3 is 2.58 bits per heavy atom. The number of ether oxygens (including phenoxy) is 1. The molecule has 0 saturated heterocycles. The van der Waals surface area contributed by atoms with E-state index in [0.29, 0.717) is 17.6 Å². The summed E-state index contributed by atoms with van der Waals surface area (Å²) in [6.07, 6.45) is 9.92. The van der Waals surface area contributed by atoms with Gasteiger partial charge in [0, 0.05) is 12.6 Å². The molecule has 2 aliphatic rings. The first-order valence-corrected chi connectivity index (χ1v) is 8.37. The lowest BCUT2D eigenvalue weighted by molar-refractivity contribution is -0.0671. The van der Waals surface area contributed by atoms with Gasteiger partial charge in [-0.1, -0.05) is 34.1 Å². The van der Waals surface area contributed by atoms with Crippen molar-refractivity contribution in [3.8, 4) is 0 Å². The minimum Gasteiger partial charge on any atom is -0.374 e. The molecule has 2 nitrogen and oxygen atoms in total. The van der Waals surface area contributed by atoms with Crippen LogP contribution in [0.4, 0.5) is 0 Å². The summed E-state index contributed by atoms with van der Waals surface area (Å²) in [5.74, 6) is 0.812. The van der Waals surface area contributed by atoms with E-state index in [1.807, 2.05) is 0 Å². The van der Waals surface area contributed by atoms with Crippen molar-refractivity contribution in [1.29, 1.82) is 0 Å². The van der Waals surface area contributed by atoms with Crippen LogP contribution in [-0.2, 0) is 4.74 Å². The molecule has 0 bridgehead atoms. The second-order valence-electron chi connectivity index (χ2n) is 7.76. The van der Waals surface area contributed by atoms with Gasteiger partial charge in [-0.3, -0.25) is 0 Å². The van der Waals surface area contributed by atoms with E-state index in [1.165, 1.54) is 44.9 Å². The van der Waals surface area contributed by atoms with Crippen molar-refractivity contribution >= 4 is 0 Å². The molecule has 2 heteroatoms. The van der Waals surface area contributed by atoms with E-state index in [0.717, 1.165) is 18.5 Å². The van der Waals surface area contributed by atoms with Gasteiger partial charge in [0.05, 0.1) is 12.2 Å². The van der Waals surface area contributed by atoms with Crippen LogP contribution in [0.3, 0.4) is 0 Å². The Kier molecular flexibility index (Phi) is 5.30. The first-order chi connectivity index (χ1) is 8.98. The lowest BCUT2D eigenvalue weighted by atomic mass is 9.71. The summed E-state index contributed by atoms with van der Waals surface area (Å²) < 4.78 is 6.45. The molecule has 112 valence electrons. The van der Waals surface area contributed by atoms with Crippen LogP contribution < -0.4 is 5.32 Å². The van der Waals surface area contributed by atoms with Crippen LogP contribution in [0.5, 0.6) is 0 Å². The molecule has 0 amide bonds. The van der Waals surface area contributed by atoms with Crippen LogP contribution in [0.2, 0.25) is 0 Å². The molecule has 3 atom stereocenters. The zero-order chi connectivity index (χ0) is 13.9. The third-order valence-electron chi connectivity index (χ3n) is 4.55. The van der Waals surface area contributed by atoms with E-state index >= 15 is 0 Å². The maximum atomic E-state index is 6.45. The normalized spacial score (nSPS) is 32.2. The molecule has 0 spiro atoms. The lowest BCUT2D eigenvalue weighted by Crippen LogP contribution is -2.38. The molecular formula is C17H33NO. The van der Waals surface area contributed by atoms with Crippen LogP contribution in [0.25, 0.3) is 0 Å². The summed E-state index contributed by atoms with van der Waals surface area (Å²) in [4.78, 5) is 0. The number of nitrogens with one attached hydrogen (secondary N) is 1. The Bertz CT molecular complexity index is 272. The molecule has 19 heavy (non-hydrogen) atoms. The van der Waals surface area contributed by atoms with Crippen molar-refractivity contribution in [3.05, 3.63) is 0 Å². The number of rotatable bonds is 7. The van der Waals surface area contributed by atoms with E-state index in [2.05, 4.69) is 33.0 Å². The van der Waals surface area contributed by atoms with Crippen LogP contribution in [-0.4, -0.2) is 24.8 Å². The maximum absolute atomic E-state index is 6.45. The van der Waals surface area contributed by atoms with Gasteiger partial charge in [-0.05, 0) is 49.9 Å². The van der Waals surface area contributed by atoms with Crippen LogP contribution >= 0.6 is 0 Å². The van der Waals surface area contributed by atoms with Gasteiger partial charge in [-0.25, -0.2) is 0 Å². The minimum absolute atomic E-state index is 0.427. The number of hydrogen-bond donors (Lipinski definition) is 1. The van der Waals surface area contributed by atoms with E-state index in [9.17, 15) is 0 Å². The van der Waals surface area contributed by atoms with Crippen molar-refractivity contribution in [2.45, 2.75) is 90.9 Å². The van der Waals surface area contributed by atoms with Crippen LogP contribution in [0.1, 0.15) is 72.6 Å². The average Bonchev–Trinajstić information content (AvgIpc) is 3.07. The summed E-state index contributed by atoms with van der Waals surface area (Å²) in [5.41, 5.74) is 0.461. The zero-order valence-electron chi connectivity index (χ0n) is 13.4. The van der Waals surface area contributed by atoms with Crippen molar-refractivity contribution in [1.82, 2.24) is 5.32 Å². The van der Waals surface area contributed by atoms with Crippen molar-refractivity contribution in [3.63, 3.8) is 0 Å². The summed E-state index contributed by atoms with van der Waals surface area (Å²) in [6, 6.07) is 0.796. The van der Waals surface area contributed by atoms with E-state index in [-0.39, 0.29) is 0 Å². The molecule has 0 radical (unpaired) electrons. The predicted octanol–water partition coefficient (Wildman–Crippen LogP) is 4.14. The smallest absolute Gasteiger partial charge is 0.0703 e. The van der Waals surface area contributed by atoms with E-state index in [4.69, 9.17) is 4.74 Å². The second-order valence-corrected chi connectivity index (χ2v) is 7.76. The van der Waals surface area contributed by atoms with Gasteiger partial charge in [0.15, 0.2) is 0 Å². The third-order valence-corrected chi connectivity index (χ3v) is 4.55. The van der Waals surface area contributed by atoms with Crippen LogP contribution in [0, 0.1) is 11.3 Å². The SMILES string of the molecule is CCCC(CNC1CC1)OC1CC(C)CC(C)(C)C1. The molecule has 0 aromatic rings. The summed E-state index contributed by atoms with van der Waals surface area (Å²) in [7, 11) is 0. The second kappa shape index (κ2) is 6.58. The van der Waals surface area contributed by atoms with Crippen molar-refractivity contribution in [2.24, 2.45) is 11.3 Å². The molecule has 2 saturated carbocycles. The van der Waals surface area contributed by atoms with Gasteiger partial charge in [0.1, 0.15) is 0 Å². The fourth-order valence-corrected chi connectivity index (χ4v) is 3.76. The minimum atomic E-state index is 0.427. The summed E-state index contributed by atoms with van der Waals surface area (Å²) in [5, 5.41) is 3.64. The third kappa shape index (κ3) is 5.43. The maximum Gasteiger partial charge on any atom is 0.0703 e. The van der Waals surface area contributed by atoms with E-state index in [1.54, 1.807) is 0 Å². The van der Waals surface area contributed by atoms with Gasteiger partial charge in [-0.2, -0.15) is 0 Å². The highest BCUT2D eigenvalue weighted by Gasteiger charge is 2.33. The Balaban J connectivity index is 1.80. The highest BCUT2D eigenvalue weighted by atomic mass is 16.5. The van der Waals surface area contributed by atoms with Gasteiger partial charge >= 0.3 is 0 Å². The molecular weight excluding hydrogens is 234 g/mol. The topological polar surface area (TPSA) is 21.3 Å². The predicted molar refractivity (Wildman–Crippen MR) is 81.4 cm³/mol. The first-order valence-electron chi connectivity index (χ1n) is 8.37. The van der Waals surface area contributed by atoms with Gasteiger partial charge < -0.3 is 10.1 Å². The Morgan fingerprint density at radius 1 is 1.26 bits per heavy atom. The largest absolute Gasteiger partial charge is 0.374 e. The number of hydrogen-bond acceptors (Lipinski definition) is 2. The lowest BCUT2D eigenvalue weighted by Gasteiger charge is -2.40. The summed E-state index contributed by atoms with van der Waals surface area (Å²) in [6.45, 7) is 10.5. The van der Waals surface area contributed by atoms with Gasteiger partial charge in [-0.15, -0.1) is 0 Å². The Hall–Kier alpha value is -0.0800. The van der Waals surface area contributed by atoms with E-state index < -0.39 is 0 Å². The molecule has 2 rings (SSSR count). The fraction of sp³-hybridized carbons (Fsp3) is 1.00. The molecule has 0 aliphatic heterocycles. The Morgan fingerprint density at radius 2 is 2.00 bits per heavy atom. The molecule has 3 unspecified atom stereocenters. The molecule has 0 heterocycles. The standard InChI is InChI=1S/C17H33NO/c1-5-6-15(12-18-14-7-8-14)19-16-9-13(2)10-17(3,4)11-16/h13-16,18H,5-12H2,1-4H3. The molecule has 1 N–H and O–H groups in total.